The molecule has 2 aromatic carbocycles. The van der Waals surface area contributed by atoms with E-state index < -0.39 is 23.9 Å². The van der Waals surface area contributed by atoms with Crippen LogP contribution < -0.4 is 14.8 Å². The number of fused-ring (bicyclic) bond motifs is 1. The molecule has 0 radical (unpaired) electrons. The van der Waals surface area contributed by atoms with Crippen LogP contribution in [0.15, 0.2) is 65.3 Å². The Labute approximate surface area is 211 Å². The highest BCUT2D eigenvalue weighted by Crippen LogP contribution is 2.30. The Bertz CT molecular complexity index is 1240. The van der Waals surface area contributed by atoms with E-state index >= 15 is 0 Å². The monoisotopic (exact) mass is 570 g/mol. The van der Waals surface area contributed by atoms with Gasteiger partial charge in [0.2, 0.25) is 0 Å². The van der Waals surface area contributed by atoms with Crippen LogP contribution in [-0.2, 0) is 4.74 Å². The topological polar surface area (TPSA) is 86.8 Å². The fourth-order valence-corrected chi connectivity index (χ4v) is 3.72. The molecule has 3 aromatic rings. The van der Waals surface area contributed by atoms with Crippen LogP contribution in [0.25, 0.3) is 0 Å². The molecule has 2 heterocycles. The molecule has 1 atom stereocenters. The van der Waals surface area contributed by atoms with Crippen molar-refractivity contribution in [1.29, 1.82) is 0 Å². The van der Waals surface area contributed by atoms with E-state index in [1.54, 1.807) is 30.5 Å². The Hall–Kier alpha value is -3.67. The highest BCUT2D eigenvalue weighted by atomic mass is 79.9. The lowest BCUT2D eigenvalue weighted by Gasteiger charge is -2.25. The van der Waals surface area contributed by atoms with Crippen LogP contribution in [0.4, 0.5) is 17.6 Å². The van der Waals surface area contributed by atoms with E-state index in [0.29, 0.717) is 34.4 Å². The fraction of sp³-hybridized carbons (Fsp3) is 0.208. The minimum absolute atomic E-state index is 0.207. The molecule has 1 amide bonds. The molecule has 0 aliphatic carbocycles. The Morgan fingerprint density at radius 2 is 1.89 bits per heavy atom. The van der Waals surface area contributed by atoms with Crippen molar-refractivity contribution in [2.75, 3.05) is 13.7 Å². The highest BCUT2D eigenvalue weighted by Gasteiger charge is 2.32. The Balaban J connectivity index is 0.000000253. The second-order valence-electron chi connectivity index (χ2n) is 7.21. The maximum atomic E-state index is 12.5. The van der Waals surface area contributed by atoms with E-state index in [2.05, 4.69) is 35.7 Å². The predicted octanol–water partition coefficient (Wildman–Crippen LogP) is 5.61. The number of amides is 1. The molecule has 1 N–H and O–H groups in total. The molecule has 0 saturated heterocycles. The van der Waals surface area contributed by atoms with Gasteiger partial charge in [0.25, 0.3) is 5.91 Å². The summed E-state index contributed by atoms with van der Waals surface area (Å²) in [5, 5.41) is 2.96. The number of pyridine rings is 1. The summed E-state index contributed by atoms with van der Waals surface area (Å²) in [5.74, 6) is -1.86. The van der Waals surface area contributed by atoms with Gasteiger partial charge in [-0.25, -0.2) is 9.18 Å². The number of hydrogen-bond donors (Lipinski definition) is 1. The lowest BCUT2D eigenvalue weighted by Crippen LogP contribution is -2.32. The van der Waals surface area contributed by atoms with Crippen molar-refractivity contribution in [2.24, 2.45) is 0 Å². The third-order valence-corrected chi connectivity index (χ3v) is 5.45. The SMILES string of the molecule is COC(=O)c1ccc(C(=O)NC2CCOc3cccnc32)cc1Br.Fc1ccccc1OC(F)(F)F. The summed E-state index contributed by atoms with van der Waals surface area (Å²) < 4.78 is 61.2. The van der Waals surface area contributed by atoms with Gasteiger partial charge in [-0.05, 0) is 58.4 Å². The van der Waals surface area contributed by atoms with E-state index in [1.807, 2.05) is 6.07 Å². The normalized spacial score (nSPS) is 14.3. The first-order valence-electron chi connectivity index (χ1n) is 10.4. The van der Waals surface area contributed by atoms with Crippen LogP contribution >= 0.6 is 15.9 Å². The molecule has 1 unspecified atom stereocenters. The molecule has 12 heteroatoms. The van der Waals surface area contributed by atoms with E-state index in [0.717, 1.165) is 17.8 Å². The number of aromatic nitrogens is 1. The van der Waals surface area contributed by atoms with Crippen molar-refractivity contribution in [3.8, 4) is 11.5 Å². The molecule has 1 aromatic heterocycles. The van der Waals surface area contributed by atoms with Gasteiger partial charge in [0.15, 0.2) is 11.6 Å². The van der Waals surface area contributed by atoms with Gasteiger partial charge >= 0.3 is 12.3 Å². The van der Waals surface area contributed by atoms with E-state index in [4.69, 9.17) is 4.74 Å². The first-order valence-corrected chi connectivity index (χ1v) is 11.1. The molecule has 1 aliphatic rings. The van der Waals surface area contributed by atoms with Crippen LogP contribution in [0.3, 0.4) is 0 Å². The van der Waals surface area contributed by atoms with Gasteiger partial charge in [0, 0.05) is 22.7 Å². The Morgan fingerprint density at radius 3 is 2.56 bits per heavy atom. The lowest BCUT2D eigenvalue weighted by atomic mass is 10.1. The van der Waals surface area contributed by atoms with Gasteiger partial charge < -0.3 is 19.5 Å². The second kappa shape index (κ2) is 11.8. The first kappa shape index (κ1) is 26.9. The zero-order valence-corrected chi connectivity index (χ0v) is 20.2. The van der Waals surface area contributed by atoms with Gasteiger partial charge in [-0.15, -0.1) is 13.2 Å². The van der Waals surface area contributed by atoms with Crippen LogP contribution in [0.2, 0.25) is 0 Å². The summed E-state index contributed by atoms with van der Waals surface area (Å²) in [6.07, 6.45) is -2.52. The summed E-state index contributed by atoms with van der Waals surface area (Å²) in [6, 6.07) is 12.5. The van der Waals surface area contributed by atoms with Gasteiger partial charge in [0.05, 0.1) is 25.3 Å². The summed E-state index contributed by atoms with van der Waals surface area (Å²) >= 11 is 3.29. The zero-order valence-electron chi connectivity index (χ0n) is 18.6. The van der Waals surface area contributed by atoms with E-state index in [-0.39, 0.29) is 11.9 Å². The molecule has 36 heavy (non-hydrogen) atoms. The third-order valence-electron chi connectivity index (χ3n) is 4.80. The van der Waals surface area contributed by atoms with Crippen LogP contribution in [0, 0.1) is 5.82 Å². The maximum Gasteiger partial charge on any atom is 0.573 e. The molecule has 0 fully saturated rings. The van der Waals surface area contributed by atoms with E-state index in [1.165, 1.54) is 19.2 Å². The molecule has 0 spiro atoms. The number of halogens is 5. The number of nitrogens with one attached hydrogen (secondary N) is 1. The van der Waals surface area contributed by atoms with Crippen LogP contribution in [0.5, 0.6) is 11.5 Å². The minimum Gasteiger partial charge on any atom is -0.491 e. The number of ether oxygens (including phenoxy) is 3. The number of para-hydroxylation sites is 1. The lowest BCUT2D eigenvalue weighted by molar-refractivity contribution is -0.275. The van der Waals surface area contributed by atoms with Crippen molar-refractivity contribution in [3.05, 3.63) is 87.9 Å². The van der Waals surface area contributed by atoms with Crippen molar-refractivity contribution in [1.82, 2.24) is 10.3 Å². The highest BCUT2D eigenvalue weighted by molar-refractivity contribution is 9.10. The number of benzene rings is 2. The van der Waals surface area contributed by atoms with Gasteiger partial charge in [-0.2, -0.15) is 0 Å². The number of alkyl halides is 3. The van der Waals surface area contributed by atoms with Crippen molar-refractivity contribution < 1.29 is 41.4 Å². The minimum atomic E-state index is -4.85. The Kier molecular flexibility index (Phi) is 8.86. The van der Waals surface area contributed by atoms with Gasteiger partial charge in [0.1, 0.15) is 11.4 Å². The quantitative estimate of drug-likeness (QED) is 0.324. The summed E-state index contributed by atoms with van der Waals surface area (Å²) in [7, 11) is 1.31. The van der Waals surface area contributed by atoms with Crippen LogP contribution in [0.1, 0.15) is 38.9 Å². The van der Waals surface area contributed by atoms with E-state index in [9.17, 15) is 27.2 Å². The molecule has 1 aliphatic heterocycles. The third kappa shape index (κ3) is 7.17. The fourth-order valence-electron chi connectivity index (χ4n) is 3.18. The standard InChI is InChI=1S/C17H15BrN2O4.C7H4F4O/c1-23-17(22)11-5-4-10(9-12(11)18)16(21)20-13-6-8-24-14-3-2-7-19-15(13)14;8-5-3-1-2-4-6(5)12-7(9,10)11/h2-5,7,9,13H,6,8H2,1H3,(H,20,21);1-4H. The van der Waals surface area contributed by atoms with Crippen molar-refractivity contribution >= 4 is 27.8 Å². The molecule has 4 rings (SSSR count). The summed E-state index contributed by atoms with van der Waals surface area (Å²) in [5.41, 5.74) is 1.54. The molecular weight excluding hydrogens is 552 g/mol. The van der Waals surface area contributed by atoms with Crippen molar-refractivity contribution in [3.63, 3.8) is 0 Å². The molecular formula is C24H19BrF4N2O5. The zero-order chi connectivity index (χ0) is 26.3. The second-order valence-corrected chi connectivity index (χ2v) is 8.07. The van der Waals surface area contributed by atoms with Gasteiger partial charge in [-0.1, -0.05) is 12.1 Å². The smallest absolute Gasteiger partial charge is 0.491 e. The number of methoxy groups -OCH3 is 1. The molecule has 190 valence electrons. The largest absolute Gasteiger partial charge is 0.573 e. The molecule has 0 bridgehead atoms. The average Bonchev–Trinajstić information content (AvgIpc) is 2.85. The number of carbonyl (C=O) groups is 2. The van der Waals surface area contributed by atoms with Crippen LogP contribution in [-0.4, -0.2) is 36.9 Å². The Morgan fingerprint density at radius 1 is 1.14 bits per heavy atom. The number of nitrogens with zero attached hydrogens (tertiary/aromatic N) is 1. The maximum absolute atomic E-state index is 12.5. The number of hydrogen-bond acceptors (Lipinski definition) is 6. The summed E-state index contributed by atoms with van der Waals surface area (Å²) in [6.45, 7) is 0.522. The predicted molar refractivity (Wildman–Crippen MR) is 123 cm³/mol. The average molecular weight is 571 g/mol. The molecule has 7 nitrogen and oxygen atoms in total. The first-order chi connectivity index (χ1) is 17.1. The molecule has 0 saturated carbocycles. The van der Waals surface area contributed by atoms with Crippen molar-refractivity contribution in [2.45, 2.75) is 18.8 Å². The number of rotatable bonds is 4. The number of carbonyl (C=O) groups excluding carboxylic acids is 2. The van der Waals surface area contributed by atoms with Gasteiger partial charge in [-0.3, -0.25) is 9.78 Å². The number of esters is 1. The summed E-state index contributed by atoms with van der Waals surface area (Å²) in [4.78, 5) is 28.4.